The van der Waals surface area contributed by atoms with Gasteiger partial charge in [0.05, 0.1) is 0 Å². The SMILES string of the molecule is O=C(NCc1ccccc1)c1csc(-c2ccc(OCc3cccc(F)c3)cc2F)n1. The Balaban J connectivity index is 1.40. The maximum Gasteiger partial charge on any atom is 0.271 e. The molecule has 4 rings (SSSR count). The first-order chi connectivity index (χ1) is 15.1. The molecule has 0 saturated heterocycles. The Morgan fingerprint density at radius 3 is 2.55 bits per heavy atom. The number of nitrogens with zero attached hydrogens (tertiary/aromatic N) is 1. The number of amides is 1. The van der Waals surface area contributed by atoms with Gasteiger partial charge in [0.15, 0.2) is 0 Å². The van der Waals surface area contributed by atoms with Gasteiger partial charge in [-0.05, 0) is 35.4 Å². The Morgan fingerprint density at radius 2 is 1.77 bits per heavy atom. The molecule has 0 saturated carbocycles. The summed E-state index contributed by atoms with van der Waals surface area (Å²) in [6.45, 7) is 0.512. The Kier molecular flexibility index (Phi) is 6.33. The van der Waals surface area contributed by atoms with Crippen molar-refractivity contribution in [3.05, 3.63) is 107 Å². The zero-order chi connectivity index (χ0) is 21.6. The van der Waals surface area contributed by atoms with Gasteiger partial charge in [-0.2, -0.15) is 0 Å². The molecule has 0 fully saturated rings. The molecule has 0 unspecified atom stereocenters. The number of halogens is 2. The minimum absolute atomic E-state index is 0.125. The number of rotatable bonds is 7. The van der Waals surface area contributed by atoms with Crippen LogP contribution in [0.2, 0.25) is 0 Å². The van der Waals surface area contributed by atoms with E-state index in [1.54, 1.807) is 29.6 Å². The number of hydrogen-bond donors (Lipinski definition) is 1. The molecule has 0 aliphatic heterocycles. The van der Waals surface area contributed by atoms with Crippen LogP contribution in [0.4, 0.5) is 8.78 Å². The molecule has 4 nitrogen and oxygen atoms in total. The molecular formula is C24H18F2N2O2S. The summed E-state index contributed by atoms with van der Waals surface area (Å²) in [7, 11) is 0. The van der Waals surface area contributed by atoms with Crippen molar-refractivity contribution in [2.45, 2.75) is 13.2 Å². The van der Waals surface area contributed by atoms with Crippen molar-refractivity contribution in [1.29, 1.82) is 0 Å². The fraction of sp³-hybridized carbons (Fsp3) is 0.0833. The van der Waals surface area contributed by atoms with Gasteiger partial charge in [-0.1, -0.05) is 42.5 Å². The topological polar surface area (TPSA) is 51.2 Å². The summed E-state index contributed by atoms with van der Waals surface area (Å²) in [5.74, 6) is -0.859. The second-order valence-corrected chi connectivity index (χ2v) is 7.62. The van der Waals surface area contributed by atoms with Crippen LogP contribution in [-0.4, -0.2) is 10.9 Å². The number of benzene rings is 3. The zero-order valence-corrected chi connectivity index (χ0v) is 17.2. The van der Waals surface area contributed by atoms with Gasteiger partial charge in [0.25, 0.3) is 5.91 Å². The Morgan fingerprint density at radius 1 is 0.968 bits per heavy atom. The molecule has 1 heterocycles. The van der Waals surface area contributed by atoms with E-state index in [-0.39, 0.29) is 29.6 Å². The van der Waals surface area contributed by atoms with E-state index in [2.05, 4.69) is 10.3 Å². The highest BCUT2D eigenvalue weighted by Gasteiger charge is 2.15. The summed E-state index contributed by atoms with van der Waals surface area (Å²) in [6.07, 6.45) is 0. The van der Waals surface area contributed by atoms with Crippen molar-refractivity contribution < 1.29 is 18.3 Å². The third kappa shape index (κ3) is 5.32. The lowest BCUT2D eigenvalue weighted by molar-refractivity contribution is 0.0946. The van der Waals surface area contributed by atoms with Gasteiger partial charge in [-0.3, -0.25) is 4.79 Å². The average Bonchev–Trinajstić information content (AvgIpc) is 3.27. The molecule has 3 aromatic carbocycles. The van der Waals surface area contributed by atoms with Gasteiger partial charge in [-0.15, -0.1) is 11.3 Å². The summed E-state index contributed by atoms with van der Waals surface area (Å²) >= 11 is 1.19. The summed E-state index contributed by atoms with van der Waals surface area (Å²) < 4.78 is 33.4. The van der Waals surface area contributed by atoms with E-state index >= 15 is 0 Å². The molecule has 0 bridgehead atoms. The van der Waals surface area contributed by atoms with Gasteiger partial charge in [0, 0.05) is 23.6 Å². The molecule has 156 valence electrons. The van der Waals surface area contributed by atoms with Gasteiger partial charge in [0.1, 0.15) is 34.7 Å². The Hall–Kier alpha value is -3.58. The second-order valence-electron chi connectivity index (χ2n) is 6.77. The molecule has 0 aliphatic carbocycles. The molecule has 0 radical (unpaired) electrons. The van der Waals surface area contributed by atoms with E-state index in [0.29, 0.717) is 22.9 Å². The molecule has 0 aliphatic rings. The molecular weight excluding hydrogens is 418 g/mol. The van der Waals surface area contributed by atoms with Crippen molar-refractivity contribution in [2.24, 2.45) is 0 Å². The normalized spacial score (nSPS) is 10.6. The lowest BCUT2D eigenvalue weighted by atomic mass is 10.2. The number of carbonyl (C=O) groups excluding carboxylic acids is 1. The molecule has 7 heteroatoms. The highest BCUT2D eigenvalue weighted by Crippen LogP contribution is 2.29. The molecule has 0 atom stereocenters. The smallest absolute Gasteiger partial charge is 0.271 e. The number of hydrogen-bond acceptors (Lipinski definition) is 4. The molecule has 1 aromatic heterocycles. The van der Waals surface area contributed by atoms with E-state index in [1.807, 2.05) is 30.3 Å². The van der Waals surface area contributed by atoms with Crippen LogP contribution in [0.25, 0.3) is 10.6 Å². The van der Waals surface area contributed by atoms with E-state index in [9.17, 15) is 13.6 Å². The number of carbonyl (C=O) groups is 1. The highest BCUT2D eigenvalue weighted by molar-refractivity contribution is 7.13. The van der Waals surface area contributed by atoms with Crippen molar-refractivity contribution in [3.8, 4) is 16.3 Å². The highest BCUT2D eigenvalue weighted by atomic mass is 32.1. The van der Waals surface area contributed by atoms with E-state index in [4.69, 9.17) is 4.74 Å². The van der Waals surface area contributed by atoms with Crippen molar-refractivity contribution in [1.82, 2.24) is 10.3 Å². The third-order valence-electron chi connectivity index (χ3n) is 4.50. The van der Waals surface area contributed by atoms with Crippen molar-refractivity contribution in [3.63, 3.8) is 0 Å². The second kappa shape index (κ2) is 9.49. The number of thiazole rings is 1. The minimum atomic E-state index is -0.512. The van der Waals surface area contributed by atoms with E-state index < -0.39 is 5.82 Å². The van der Waals surface area contributed by atoms with Crippen molar-refractivity contribution >= 4 is 17.2 Å². The monoisotopic (exact) mass is 436 g/mol. The summed E-state index contributed by atoms with van der Waals surface area (Å²) in [5.41, 5.74) is 2.15. The fourth-order valence-electron chi connectivity index (χ4n) is 2.92. The van der Waals surface area contributed by atoms with Crippen LogP contribution in [0.15, 0.2) is 78.2 Å². The molecule has 0 spiro atoms. The summed E-state index contributed by atoms with van der Waals surface area (Å²) in [5, 5.41) is 4.81. The lowest BCUT2D eigenvalue weighted by Crippen LogP contribution is -2.23. The molecule has 1 amide bonds. The van der Waals surface area contributed by atoms with Crippen LogP contribution in [0.5, 0.6) is 5.75 Å². The van der Waals surface area contributed by atoms with Crippen LogP contribution < -0.4 is 10.1 Å². The van der Waals surface area contributed by atoms with Gasteiger partial charge in [0.2, 0.25) is 0 Å². The first-order valence-corrected chi connectivity index (χ1v) is 10.4. The molecule has 1 N–H and O–H groups in total. The van der Waals surface area contributed by atoms with Gasteiger partial charge in [-0.25, -0.2) is 13.8 Å². The van der Waals surface area contributed by atoms with Crippen LogP contribution in [0.1, 0.15) is 21.6 Å². The minimum Gasteiger partial charge on any atom is -0.489 e. The van der Waals surface area contributed by atoms with E-state index in [1.165, 1.54) is 29.5 Å². The zero-order valence-electron chi connectivity index (χ0n) is 16.3. The third-order valence-corrected chi connectivity index (χ3v) is 5.37. The van der Waals surface area contributed by atoms with Crippen LogP contribution in [0, 0.1) is 11.6 Å². The quantitative estimate of drug-likeness (QED) is 0.410. The summed E-state index contributed by atoms with van der Waals surface area (Å²) in [6, 6.07) is 20.0. The fourth-order valence-corrected chi connectivity index (χ4v) is 3.75. The maximum atomic E-state index is 14.6. The first kappa shape index (κ1) is 20.7. The van der Waals surface area contributed by atoms with Crippen LogP contribution >= 0.6 is 11.3 Å². The summed E-state index contributed by atoms with van der Waals surface area (Å²) in [4.78, 5) is 16.6. The Bertz CT molecular complexity index is 1200. The maximum absolute atomic E-state index is 14.6. The number of nitrogens with one attached hydrogen (secondary N) is 1. The largest absolute Gasteiger partial charge is 0.489 e. The number of aromatic nitrogens is 1. The first-order valence-electron chi connectivity index (χ1n) is 9.53. The predicted molar refractivity (Wildman–Crippen MR) is 116 cm³/mol. The van der Waals surface area contributed by atoms with Gasteiger partial charge >= 0.3 is 0 Å². The van der Waals surface area contributed by atoms with Crippen molar-refractivity contribution in [2.75, 3.05) is 0 Å². The molecule has 4 aromatic rings. The van der Waals surface area contributed by atoms with E-state index in [0.717, 1.165) is 5.56 Å². The lowest BCUT2D eigenvalue weighted by Gasteiger charge is -2.08. The van der Waals surface area contributed by atoms with Crippen LogP contribution in [0.3, 0.4) is 0 Å². The standard InChI is InChI=1S/C24H18F2N2O2S/c25-18-8-4-7-17(11-18)14-30-19-9-10-20(21(26)12-19)24-28-22(15-31-24)23(29)27-13-16-5-2-1-3-6-16/h1-12,15H,13-14H2,(H,27,29). The predicted octanol–water partition coefficient (Wildman–Crippen LogP) is 5.60. The average molecular weight is 436 g/mol. The van der Waals surface area contributed by atoms with Crippen LogP contribution in [-0.2, 0) is 13.2 Å². The molecule has 31 heavy (non-hydrogen) atoms. The number of ether oxygens (including phenoxy) is 1. The van der Waals surface area contributed by atoms with Gasteiger partial charge < -0.3 is 10.1 Å². The Labute approximate surface area is 182 Å².